The lowest BCUT2D eigenvalue weighted by atomic mass is 9.94. The van der Waals surface area contributed by atoms with E-state index in [4.69, 9.17) is 5.53 Å². The van der Waals surface area contributed by atoms with Crippen LogP contribution in [0.1, 0.15) is 20.7 Å². The largest absolute Gasteiger partial charge is 0.525 e. The number of benzene rings is 2. The minimum Gasteiger partial charge on any atom is -0.266 e. The quantitative estimate of drug-likeness (QED) is 0.263. The van der Waals surface area contributed by atoms with Crippen molar-refractivity contribution in [1.29, 1.82) is 0 Å². The molecule has 0 saturated heterocycles. The van der Waals surface area contributed by atoms with E-state index in [2.05, 4.69) is 14.3 Å². The number of nitrogens with zero attached hydrogens (tertiary/aromatic N) is 4. The van der Waals surface area contributed by atoms with Crippen molar-refractivity contribution < 1.29 is 35.5 Å². The molecular weight excluding hydrogens is 381 g/mol. The van der Waals surface area contributed by atoms with E-state index < -0.39 is 32.5 Å². The molecule has 0 saturated carbocycles. The van der Waals surface area contributed by atoms with Crippen molar-refractivity contribution >= 4 is 38.4 Å². The lowest BCUT2D eigenvalue weighted by molar-refractivity contribution is -0.0761. The second kappa shape index (κ2) is 5.69. The minimum absolute atomic E-state index is 0.0616. The molecule has 0 N–H and O–H groups in total. The summed E-state index contributed by atoms with van der Waals surface area (Å²) in [4.78, 5) is 27.2. The lowest BCUT2D eigenvalue weighted by Crippen LogP contribution is -2.44. The number of carbonyl (C=O) groups excluding carboxylic acids is 2. The van der Waals surface area contributed by atoms with Gasteiger partial charge in [-0.25, -0.2) is 0 Å². The zero-order valence-corrected chi connectivity index (χ0v) is 13.1. The molecule has 0 aliphatic carbocycles. The van der Waals surface area contributed by atoms with Crippen LogP contribution in [0.15, 0.2) is 35.4 Å². The molecule has 13 heteroatoms. The van der Waals surface area contributed by atoms with Gasteiger partial charge in [0.05, 0.1) is 11.1 Å². The maximum absolute atomic E-state index is 12.5. The summed E-state index contributed by atoms with van der Waals surface area (Å²) in [6.07, 6.45) is 0. The number of hydrogen-bond acceptors (Lipinski definition) is 6. The number of amides is 2. The Bertz CT molecular complexity index is 1120. The SMILES string of the molecule is [N-]=[N+]=Nc1cc2c3c(cccc3c1)C(=O)N(OS(=O)(=O)C(F)(F)F)C2=O. The van der Waals surface area contributed by atoms with Crippen LogP contribution in [0.5, 0.6) is 0 Å². The van der Waals surface area contributed by atoms with Gasteiger partial charge in [0, 0.05) is 16.0 Å². The first-order valence-corrected chi connectivity index (χ1v) is 7.99. The molecular formula is C13H5F3N4O5S. The fourth-order valence-corrected chi connectivity index (χ4v) is 2.80. The maximum Gasteiger partial charge on any atom is 0.525 e. The second-order valence-corrected chi connectivity index (χ2v) is 6.49. The second-order valence-electron chi connectivity index (χ2n) is 4.97. The molecule has 2 amide bonds. The molecule has 2 aromatic rings. The van der Waals surface area contributed by atoms with Gasteiger partial charge in [0.15, 0.2) is 0 Å². The Hall–Kier alpha value is -3.15. The zero-order valence-electron chi connectivity index (χ0n) is 12.3. The van der Waals surface area contributed by atoms with Gasteiger partial charge in [0.25, 0.3) is 11.8 Å². The summed E-state index contributed by atoms with van der Waals surface area (Å²) in [5.41, 5.74) is 2.01. The van der Waals surface area contributed by atoms with E-state index in [-0.39, 0.29) is 22.2 Å². The number of imide groups is 1. The molecule has 0 spiro atoms. The fraction of sp³-hybridized carbons (Fsp3) is 0.0769. The number of hydroxylamine groups is 2. The molecule has 3 rings (SSSR count). The van der Waals surface area contributed by atoms with Crippen LogP contribution < -0.4 is 0 Å². The van der Waals surface area contributed by atoms with Gasteiger partial charge in [-0.05, 0) is 29.1 Å². The summed E-state index contributed by atoms with van der Waals surface area (Å²) in [5.74, 6) is -2.82. The summed E-state index contributed by atoms with van der Waals surface area (Å²) in [7, 11) is -6.25. The van der Waals surface area contributed by atoms with Gasteiger partial charge in [-0.3, -0.25) is 9.59 Å². The molecule has 2 aromatic carbocycles. The summed E-state index contributed by atoms with van der Waals surface area (Å²) in [6.45, 7) is 0. The van der Waals surface area contributed by atoms with E-state index in [9.17, 15) is 31.2 Å². The van der Waals surface area contributed by atoms with Crippen LogP contribution in [0.2, 0.25) is 0 Å². The Morgan fingerprint density at radius 2 is 1.77 bits per heavy atom. The fourth-order valence-electron chi connectivity index (χ4n) is 2.39. The van der Waals surface area contributed by atoms with Gasteiger partial charge in [0.2, 0.25) is 0 Å². The lowest BCUT2D eigenvalue weighted by Gasteiger charge is -2.25. The smallest absolute Gasteiger partial charge is 0.266 e. The van der Waals surface area contributed by atoms with Crippen molar-refractivity contribution in [3.05, 3.63) is 51.9 Å². The molecule has 134 valence electrons. The molecule has 1 aliphatic heterocycles. The van der Waals surface area contributed by atoms with Gasteiger partial charge in [-0.1, -0.05) is 17.2 Å². The van der Waals surface area contributed by atoms with Crippen LogP contribution >= 0.6 is 0 Å². The number of rotatable bonds is 3. The third-order valence-electron chi connectivity index (χ3n) is 3.41. The summed E-state index contributed by atoms with van der Waals surface area (Å²) in [6, 6.07) is 6.38. The van der Waals surface area contributed by atoms with E-state index in [1.54, 1.807) is 0 Å². The number of azide groups is 1. The van der Waals surface area contributed by atoms with Gasteiger partial charge in [-0.2, -0.15) is 21.6 Å². The molecule has 0 fully saturated rings. The molecule has 0 radical (unpaired) electrons. The summed E-state index contributed by atoms with van der Waals surface area (Å²) in [5, 5.41) is 3.18. The minimum atomic E-state index is -6.25. The first-order valence-electron chi connectivity index (χ1n) is 6.58. The van der Waals surface area contributed by atoms with Crippen LogP contribution in [0.25, 0.3) is 21.2 Å². The van der Waals surface area contributed by atoms with E-state index >= 15 is 0 Å². The van der Waals surface area contributed by atoms with Crippen LogP contribution in [0, 0.1) is 0 Å². The van der Waals surface area contributed by atoms with Crippen molar-refractivity contribution in [1.82, 2.24) is 5.06 Å². The first-order chi connectivity index (χ1) is 12.1. The van der Waals surface area contributed by atoms with Gasteiger partial charge >= 0.3 is 15.6 Å². The Morgan fingerprint density at radius 3 is 2.38 bits per heavy atom. The maximum atomic E-state index is 12.5. The molecule has 0 bridgehead atoms. The highest BCUT2D eigenvalue weighted by Gasteiger charge is 2.51. The third-order valence-corrected chi connectivity index (χ3v) is 4.32. The third kappa shape index (κ3) is 2.63. The standard InChI is InChI=1S/C13H5F3N4O5S/c14-13(15,16)26(23,24)25-20-11(21)8-3-1-2-6-4-7(18-19-17)5-9(10(6)8)12(20)22/h1-5H. The molecule has 0 unspecified atom stereocenters. The van der Waals surface area contributed by atoms with Crippen LogP contribution in [0.3, 0.4) is 0 Å². The topological polar surface area (TPSA) is 130 Å². The Labute approximate surface area is 142 Å². The number of carbonyl (C=O) groups is 2. The Morgan fingerprint density at radius 1 is 1.12 bits per heavy atom. The number of alkyl halides is 3. The Balaban J connectivity index is 2.21. The molecule has 1 aliphatic rings. The van der Waals surface area contributed by atoms with Gasteiger partial charge in [-0.15, -0.1) is 9.35 Å². The van der Waals surface area contributed by atoms with Gasteiger partial charge < -0.3 is 0 Å². The zero-order chi connectivity index (χ0) is 19.3. The molecule has 9 nitrogen and oxygen atoms in total. The first kappa shape index (κ1) is 17.7. The van der Waals surface area contributed by atoms with Crippen molar-refractivity contribution in [3.63, 3.8) is 0 Å². The van der Waals surface area contributed by atoms with Crippen molar-refractivity contribution in [2.24, 2.45) is 5.11 Å². The summed E-state index contributed by atoms with van der Waals surface area (Å²) >= 11 is 0. The van der Waals surface area contributed by atoms with E-state index in [1.165, 1.54) is 24.3 Å². The van der Waals surface area contributed by atoms with Crippen molar-refractivity contribution in [3.8, 4) is 0 Å². The molecule has 0 aromatic heterocycles. The number of halogens is 3. The predicted molar refractivity (Wildman–Crippen MR) is 79.3 cm³/mol. The van der Waals surface area contributed by atoms with Crippen LogP contribution in [0.4, 0.5) is 18.9 Å². The summed E-state index contributed by atoms with van der Waals surface area (Å²) < 4.78 is 63.6. The average molecular weight is 386 g/mol. The van der Waals surface area contributed by atoms with E-state index in [1.807, 2.05) is 0 Å². The van der Waals surface area contributed by atoms with Crippen molar-refractivity contribution in [2.75, 3.05) is 0 Å². The predicted octanol–water partition coefficient (Wildman–Crippen LogP) is 3.16. The highest BCUT2D eigenvalue weighted by Crippen LogP contribution is 2.35. The van der Waals surface area contributed by atoms with Crippen LogP contribution in [-0.2, 0) is 14.4 Å². The highest BCUT2D eigenvalue weighted by atomic mass is 32.2. The van der Waals surface area contributed by atoms with Gasteiger partial charge in [0.1, 0.15) is 0 Å². The molecule has 0 atom stereocenters. The van der Waals surface area contributed by atoms with E-state index in [0.717, 1.165) is 6.07 Å². The Kier molecular flexibility index (Phi) is 3.87. The average Bonchev–Trinajstić information content (AvgIpc) is 2.55. The van der Waals surface area contributed by atoms with Crippen LogP contribution in [-0.4, -0.2) is 30.8 Å². The monoisotopic (exact) mass is 386 g/mol. The highest BCUT2D eigenvalue weighted by molar-refractivity contribution is 7.87. The molecule has 26 heavy (non-hydrogen) atoms. The molecule has 1 heterocycles. The van der Waals surface area contributed by atoms with E-state index in [0.29, 0.717) is 5.39 Å². The number of hydrogen-bond donors (Lipinski definition) is 0. The van der Waals surface area contributed by atoms with Crippen molar-refractivity contribution in [2.45, 2.75) is 5.51 Å². The normalized spacial score (nSPS) is 14.5.